The quantitative estimate of drug-likeness (QED) is 0.151. The van der Waals surface area contributed by atoms with Crippen LogP contribution in [0, 0.1) is 13.8 Å². The van der Waals surface area contributed by atoms with Gasteiger partial charge in [0, 0.05) is 86.9 Å². The van der Waals surface area contributed by atoms with Crippen molar-refractivity contribution in [2.45, 2.75) is 13.8 Å². The lowest BCUT2D eigenvalue weighted by atomic mass is 9.98. The molecule has 13 aromatic rings. The first-order valence-corrected chi connectivity index (χ1v) is 22.3. The molecule has 0 amide bonds. The highest BCUT2D eigenvalue weighted by molar-refractivity contribution is 6.11. The summed E-state index contributed by atoms with van der Waals surface area (Å²) < 4.78 is 20.0. The van der Waals surface area contributed by atoms with E-state index < -0.39 is 0 Å². The minimum atomic E-state index is 0.534. The molecule has 0 saturated carbocycles. The maximum absolute atomic E-state index is 6.75. The Labute approximate surface area is 384 Å². The van der Waals surface area contributed by atoms with E-state index in [9.17, 15) is 0 Å². The van der Waals surface area contributed by atoms with Crippen LogP contribution in [0.5, 0.6) is 23.0 Å². The Kier molecular flexibility index (Phi) is 8.76. The van der Waals surface area contributed by atoms with Crippen molar-refractivity contribution in [3.63, 3.8) is 0 Å². The Balaban J connectivity index is 0.936. The van der Waals surface area contributed by atoms with Gasteiger partial charge in [-0.2, -0.15) is 0 Å². The fourth-order valence-corrected chi connectivity index (χ4v) is 9.92. The SMILES string of the molecule is Cc1cccc(C)c1-c1cnc(-n2c3cc(Oc4ccc5c6ccccc6n(-c6ccccn6)c5c4)ccc3c3ccc(Oc4ccc5c6ccccc6n(-c6ccccn6)c5c4)cc32)nc1. The van der Waals surface area contributed by atoms with Crippen LogP contribution in [0.4, 0.5) is 0 Å². The number of fused-ring (bicyclic) bond motifs is 9. The third-order valence-electron chi connectivity index (χ3n) is 12.8. The largest absolute Gasteiger partial charge is 0.457 e. The molecule has 0 atom stereocenters. The molecule has 0 N–H and O–H groups in total. The molecule has 0 aliphatic heterocycles. The number of benzene rings is 7. The standard InChI is InChI=1S/C58H39N7O2/c1-36-12-11-13-37(2)57(36)38-34-61-58(62-35-38)65-53-32-41(66-39-20-24-45-43-14-3-5-16-49(43)63(51(45)30-39)55-18-7-9-28-59-55)22-26-47(53)48-27-23-42(33-54(48)65)67-40-21-25-46-44-15-4-6-17-50(44)64(52(46)31-40)56-19-8-10-29-60-56/h3-35H,1-2H3. The number of hydrogen-bond acceptors (Lipinski definition) is 6. The molecular weight excluding hydrogens is 827 g/mol. The summed E-state index contributed by atoms with van der Waals surface area (Å²) in [6.07, 6.45) is 7.48. The van der Waals surface area contributed by atoms with Gasteiger partial charge in [0.15, 0.2) is 0 Å². The van der Waals surface area contributed by atoms with E-state index in [0.29, 0.717) is 28.9 Å². The number of rotatable bonds is 8. The van der Waals surface area contributed by atoms with Gasteiger partial charge in [-0.05, 0) is 115 Å². The van der Waals surface area contributed by atoms with Crippen LogP contribution < -0.4 is 9.47 Å². The van der Waals surface area contributed by atoms with Crippen molar-refractivity contribution in [2.75, 3.05) is 0 Å². The number of aromatic nitrogens is 7. The van der Waals surface area contributed by atoms with Crippen molar-refractivity contribution in [3.8, 4) is 51.7 Å². The molecule has 0 unspecified atom stereocenters. The average molecular weight is 866 g/mol. The van der Waals surface area contributed by atoms with Gasteiger partial charge in [-0.25, -0.2) is 19.9 Å². The predicted octanol–water partition coefficient (Wildman–Crippen LogP) is 14.4. The second-order valence-corrected chi connectivity index (χ2v) is 16.9. The Morgan fingerprint density at radius 1 is 0.343 bits per heavy atom. The van der Waals surface area contributed by atoms with E-state index in [1.54, 1.807) is 0 Å². The van der Waals surface area contributed by atoms with E-state index in [2.05, 4.69) is 143 Å². The lowest BCUT2D eigenvalue weighted by molar-refractivity contribution is 0.484. The number of nitrogens with zero attached hydrogens (tertiary/aromatic N) is 7. The molecule has 0 aliphatic carbocycles. The molecule has 6 heterocycles. The Hall–Kier alpha value is -9.08. The van der Waals surface area contributed by atoms with Gasteiger partial charge in [0.05, 0.1) is 33.1 Å². The van der Waals surface area contributed by atoms with Crippen molar-refractivity contribution < 1.29 is 9.47 Å². The second-order valence-electron chi connectivity index (χ2n) is 16.9. The van der Waals surface area contributed by atoms with Gasteiger partial charge in [0.1, 0.15) is 34.6 Å². The van der Waals surface area contributed by atoms with Gasteiger partial charge in [0.25, 0.3) is 0 Å². The van der Waals surface area contributed by atoms with E-state index >= 15 is 0 Å². The molecule has 0 aliphatic rings. The number of aryl methyl sites for hydroxylation is 2. The zero-order valence-corrected chi connectivity index (χ0v) is 36.5. The zero-order valence-electron chi connectivity index (χ0n) is 36.5. The number of pyridine rings is 2. The topological polar surface area (TPSA) is 84.8 Å². The zero-order chi connectivity index (χ0) is 44.6. The maximum atomic E-state index is 6.75. The predicted molar refractivity (Wildman–Crippen MR) is 269 cm³/mol. The average Bonchev–Trinajstić information content (AvgIpc) is 3.99. The van der Waals surface area contributed by atoms with Gasteiger partial charge >= 0.3 is 0 Å². The van der Waals surface area contributed by atoms with E-state index in [1.807, 2.05) is 85.5 Å². The molecule has 0 fully saturated rings. The van der Waals surface area contributed by atoms with Crippen LogP contribution in [0.2, 0.25) is 0 Å². The summed E-state index contributed by atoms with van der Waals surface area (Å²) in [5.41, 5.74) is 10.4. The number of hydrogen-bond donors (Lipinski definition) is 0. The van der Waals surface area contributed by atoms with Gasteiger partial charge in [0.2, 0.25) is 5.95 Å². The summed E-state index contributed by atoms with van der Waals surface area (Å²) in [4.78, 5) is 19.5. The highest BCUT2D eigenvalue weighted by Gasteiger charge is 2.20. The Morgan fingerprint density at radius 2 is 0.731 bits per heavy atom. The van der Waals surface area contributed by atoms with Gasteiger partial charge in [-0.1, -0.05) is 66.7 Å². The van der Waals surface area contributed by atoms with Crippen LogP contribution >= 0.6 is 0 Å². The van der Waals surface area contributed by atoms with Gasteiger partial charge < -0.3 is 9.47 Å². The molecule has 0 bridgehead atoms. The highest BCUT2D eigenvalue weighted by Crippen LogP contribution is 2.40. The lowest BCUT2D eigenvalue weighted by Crippen LogP contribution is -2.01. The first-order valence-electron chi connectivity index (χ1n) is 22.3. The van der Waals surface area contributed by atoms with Crippen molar-refractivity contribution in [1.29, 1.82) is 0 Å². The number of para-hydroxylation sites is 2. The molecule has 13 rings (SSSR count). The third-order valence-corrected chi connectivity index (χ3v) is 12.8. The monoisotopic (exact) mass is 865 g/mol. The maximum Gasteiger partial charge on any atom is 0.234 e. The molecule has 0 spiro atoms. The highest BCUT2D eigenvalue weighted by atomic mass is 16.5. The van der Waals surface area contributed by atoms with Crippen LogP contribution in [0.3, 0.4) is 0 Å². The van der Waals surface area contributed by atoms with Crippen molar-refractivity contribution in [3.05, 3.63) is 212 Å². The minimum absolute atomic E-state index is 0.534. The number of ether oxygens (including phenoxy) is 2. The smallest absolute Gasteiger partial charge is 0.234 e. The van der Waals surface area contributed by atoms with Crippen LogP contribution in [0.15, 0.2) is 201 Å². The summed E-state index contributed by atoms with van der Waals surface area (Å²) in [5, 5.41) is 6.62. The minimum Gasteiger partial charge on any atom is -0.457 e. The Morgan fingerprint density at radius 3 is 1.15 bits per heavy atom. The van der Waals surface area contributed by atoms with Crippen LogP contribution in [-0.4, -0.2) is 33.6 Å². The second kappa shape index (κ2) is 15.3. The van der Waals surface area contributed by atoms with E-state index in [0.717, 1.165) is 88.2 Å². The molecule has 9 nitrogen and oxygen atoms in total. The summed E-state index contributed by atoms with van der Waals surface area (Å²) in [6, 6.07) is 60.0. The van der Waals surface area contributed by atoms with Crippen molar-refractivity contribution in [1.82, 2.24) is 33.6 Å². The Bertz CT molecular complexity index is 3820. The van der Waals surface area contributed by atoms with Crippen molar-refractivity contribution in [2.24, 2.45) is 0 Å². The van der Waals surface area contributed by atoms with Gasteiger partial charge in [-0.15, -0.1) is 0 Å². The molecule has 0 saturated heterocycles. The first-order chi connectivity index (χ1) is 33.0. The lowest BCUT2D eigenvalue weighted by Gasteiger charge is -2.12. The van der Waals surface area contributed by atoms with E-state index in [-0.39, 0.29) is 0 Å². The normalized spacial score (nSPS) is 11.7. The molecular formula is C58H39N7O2. The van der Waals surface area contributed by atoms with Crippen LogP contribution in [0.25, 0.3) is 94.1 Å². The summed E-state index contributed by atoms with van der Waals surface area (Å²) in [5.74, 6) is 4.99. The molecule has 318 valence electrons. The van der Waals surface area contributed by atoms with E-state index in [4.69, 9.17) is 29.4 Å². The summed E-state index contributed by atoms with van der Waals surface area (Å²) in [7, 11) is 0. The molecule has 0 radical (unpaired) electrons. The molecule has 6 aromatic heterocycles. The first kappa shape index (κ1) is 38.4. The molecule has 7 aromatic carbocycles. The van der Waals surface area contributed by atoms with Crippen molar-refractivity contribution >= 4 is 65.4 Å². The third kappa shape index (κ3) is 6.31. The van der Waals surface area contributed by atoms with E-state index in [1.165, 1.54) is 11.1 Å². The molecule has 9 heteroatoms. The summed E-state index contributed by atoms with van der Waals surface area (Å²) in [6.45, 7) is 4.25. The summed E-state index contributed by atoms with van der Waals surface area (Å²) >= 11 is 0. The van der Waals surface area contributed by atoms with Gasteiger partial charge in [-0.3, -0.25) is 13.7 Å². The fraction of sp³-hybridized carbons (Fsp3) is 0.0345. The van der Waals surface area contributed by atoms with Crippen LogP contribution in [-0.2, 0) is 0 Å². The fourth-order valence-electron chi connectivity index (χ4n) is 9.92. The van der Waals surface area contributed by atoms with Crippen LogP contribution in [0.1, 0.15) is 11.1 Å². The molecule has 67 heavy (non-hydrogen) atoms.